The predicted octanol–water partition coefficient (Wildman–Crippen LogP) is 13.5. The summed E-state index contributed by atoms with van der Waals surface area (Å²) in [5, 5.41) is 25.8. The highest BCUT2D eigenvalue weighted by Gasteiger charge is 2.25. The Bertz CT molecular complexity index is 4010. The van der Waals surface area contributed by atoms with Crippen molar-refractivity contribution in [3.63, 3.8) is 0 Å². The number of pyridine rings is 2. The first-order valence-electron chi connectivity index (χ1n) is 21.4. The fourth-order valence-electron chi connectivity index (χ4n) is 9.54. The quantitative estimate of drug-likeness (QED) is 0.156. The van der Waals surface area contributed by atoms with Crippen molar-refractivity contribution in [2.75, 3.05) is 0 Å². The second kappa shape index (κ2) is 15.3. The average Bonchev–Trinajstić information content (AvgIpc) is 3.89. The van der Waals surface area contributed by atoms with E-state index >= 15 is 8.63 Å². The number of para-hydroxylation sites is 4. The van der Waals surface area contributed by atoms with Crippen LogP contribution in [0.15, 0.2) is 199 Å². The Morgan fingerprint density at radius 2 is 0.939 bits per heavy atom. The zero-order valence-corrected chi connectivity index (χ0v) is 34.9. The summed E-state index contributed by atoms with van der Waals surface area (Å²) < 4.78 is 37.3. The van der Waals surface area contributed by atoms with Gasteiger partial charge in [0.2, 0.25) is 0 Å². The maximum atomic E-state index is 16.0. The molecule has 12 aromatic rings. The summed E-state index contributed by atoms with van der Waals surface area (Å²) in [6.07, 6.45) is 0. The molecule has 8 aromatic carbocycles. The molecule has 308 valence electrons. The predicted molar refractivity (Wildman–Crippen MR) is 261 cm³/mol. The van der Waals surface area contributed by atoms with Gasteiger partial charge in [-0.2, -0.15) is 10.5 Å². The standard InChI is InChI=1S/C56H32BF2N7/c58-57(59)66-54(38-23-19-36(34-61)20-24-38)32-39-29-41(64-50-13-5-1-9-44(50)45-10-2-6-14-51(45)64)25-27-43(39)56(66)63-55-48(37-21-17-35(33-60)18-22-37)31-40-30-42(26-28-49(40)62-55)65-52-15-7-3-11-46(52)47-12-4-8-16-53(47)65/h1-32H. The van der Waals surface area contributed by atoms with E-state index in [0.717, 1.165) is 64.9 Å². The van der Waals surface area contributed by atoms with Crippen molar-refractivity contribution in [3.05, 3.63) is 211 Å². The van der Waals surface area contributed by atoms with Gasteiger partial charge in [0.15, 0.2) is 5.82 Å². The van der Waals surface area contributed by atoms with Crippen molar-refractivity contribution in [2.24, 2.45) is 4.99 Å². The number of aromatic nitrogens is 4. The van der Waals surface area contributed by atoms with Gasteiger partial charge in [-0.15, -0.1) is 0 Å². The van der Waals surface area contributed by atoms with Crippen molar-refractivity contribution in [1.29, 1.82) is 10.5 Å². The normalized spacial score (nSPS) is 11.8. The van der Waals surface area contributed by atoms with Crippen LogP contribution in [0.3, 0.4) is 0 Å². The van der Waals surface area contributed by atoms with Gasteiger partial charge in [-0.3, -0.25) is 8.63 Å². The van der Waals surface area contributed by atoms with Crippen LogP contribution in [-0.2, 0) is 0 Å². The first-order chi connectivity index (χ1) is 32.4. The molecule has 7 nitrogen and oxygen atoms in total. The van der Waals surface area contributed by atoms with Gasteiger partial charge in [0.05, 0.1) is 50.8 Å². The van der Waals surface area contributed by atoms with Gasteiger partial charge in [-0.1, -0.05) is 97.1 Å². The molecule has 0 atom stereocenters. The molecule has 12 rings (SSSR count). The summed E-state index contributed by atoms with van der Waals surface area (Å²) in [4.78, 5) is 10.3. The van der Waals surface area contributed by atoms with Crippen molar-refractivity contribution >= 4 is 78.5 Å². The Balaban J connectivity index is 1.14. The molecule has 0 radical (unpaired) electrons. The first kappa shape index (κ1) is 38.6. The van der Waals surface area contributed by atoms with Gasteiger partial charge >= 0.3 is 7.40 Å². The molecule has 0 amide bonds. The summed E-state index contributed by atoms with van der Waals surface area (Å²) >= 11 is 0. The number of rotatable bonds is 6. The second-order valence-electron chi connectivity index (χ2n) is 16.2. The van der Waals surface area contributed by atoms with Gasteiger partial charge in [-0.25, -0.2) is 9.98 Å². The fraction of sp³-hybridized carbons (Fsp3) is 0. The number of nitrogens with zero attached hydrogens (tertiary/aromatic N) is 7. The largest absolute Gasteiger partial charge is 0.679 e. The smallest absolute Gasteiger partial charge is 0.309 e. The molecule has 4 aromatic heterocycles. The number of benzene rings is 8. The maximum Gasteiger partial charge on any atom is 0.679 e. The van der Waals surface area contributed by atoms with E-state index in [9.17, 15) is 10.5 Å². The highest BCUT2D eigenvalue weighted by atomic mass is 19.2. The molecule has 0 aliphatic rings. The summed E-state index contributed by atoms with van der Waals surface area (Å²) in [5.41, 5.74) is 9.52. The highest BCUT2D eigenvalue weighted by Crippen LogP contribution is 2.38. The molecule has 0 spiro atoms. The topological polar surface area (TPSA) is 87.6 Å². The highest BCUT2D eigenvalue weighted by molar-refractivity contribution is 6.41. The SMILES string of the molecule is N#Cc1ccc(-c2cc3cc(-n4c5ccccc5c5ccccc54)ccc3nc2N=c2c3ccc(-n4c5ccccc5c5ccccc54)cc3cc(-c3ccc(C#N)cc3)n2B(F)F)cc1. The second-order valence-corrected chi connectivity index (χ2v) is 16.2. The van der Waals surface area contributed by atoms with E-state index in [-0.39, 0.29) is 17.0 Å². The molecule has 0 aliphatic carbocycles. The van der Waals surface area contributed by atoms with Crippen LogP contribution in [0, 0.1) is 22.7 Å². The Morgan fingerprint density at radius 3 is 1.44 bits per heavy atom. The first-order valence-corrected chi connectivity index (χ1v) is 21.4. The molecular weight excluding hydrogens is 819 g/mol. The van der Waals surface area contributed by atoms with Crippen LogP contribution < -0.4 is 5.49 Å². The van der Waals surface area contributed by atoms with E-state index in [1.54, 1.807) is 42.5 Å². The number of hydrogen-bond acceptors (Lipinski definition) is 4. The van der Waals surface area contributed by atoms with E-state index in [1.165, 1.54) is 0 Å². The molecule has 66 heavy (non-hydrogen) atoms. The zero-order chi connectivity index (χ0) is 44.5. The van der Waals surface area contributed by atoms with Gasteiger partial charge in [0, 0.05) is 54.9 Å². The Kier molecular flexibility index (Phi) is 8.94. The lowest BCUT2D eigenvalue weighted by molar-refractivity contribution is 0.623. The van der Waals surface area contributed by atoms with Gasteiger partial charge in [0.1, 0.15) is 5.49 Å². The zero-order valence-electron chi connectivity index (χ0n) is 34.9. The minimum Gasteiger partial charge on any atom is -0.309 e. The van der Waals surface area contributed by atoms with E-state index in [1.807, 2.05) is 97.1 Å². The number of fused-ring (bicyclic) bond motifs is 8. The van der Waals surface area contributed by atoms with Crippen LogP contribution in [0.2, 0.25) is 0 Å². The summed E-state index contributed by atoms with van der Waals surface area (Å²) in [7, 11) is -3.01. The average molecular weight is 852 g/mol. The molecule has 0 unspecified atom stereocenters. The minimum atomic E-state index is -3.01. The Hall–Kier alpha value is -9.12. The number of hydrogen-bond donors (Lipinski definition) is 0. The molecule has 0 bridgehead atoms. The van der Waals surface area contributed by atoms with Gasteiger partial charge < -0.3 is 13.6 Å². The summed E-state index contributed by atoms with van der Waals surface area (Å²) in [6, 6.07) is 66.8. The van der Waals surface area contributed by atoms with Crippen molar-refractivity contribution in [2.45, 2.75) is 0 Å². The minimum absolute atomic E-state index is 0.0132. The number of nitriles is 2. The van der Waals surface area contributed by atoms with Crippen LogP contribution in [-0.4, -0.2) is 26.0 Å². The number of halogens is 2. The molecule has 0 fully saturated rings. The van der Waals surface area contributed by atoms with Crippen LogP contribution in [0.5, 0.6) is 0 Å². The van der Waals surface area contributed by atoms with Crippen molar-refractivity contribution in [3.8, 4) is 45.9 Å². The van der Waals surface area contributed by atoms with E-state index in [4.69, 9.17) is 9.98 Å². The molecular formula is C56H32BF2N7. The van der Waals surface area contributed by atoms with Crippen molar-refractivity contribution in [1.82, 2.24) is 18.6 Å². The van der Waals surface area contributed by atoms with Crippen LogP contribution >= 0.6 is 0 Å². The lowest BCUT2D eigenvalue weighted by atomic mass is 10.0. The lowest BCUT2D eigenvalue weighted by Crippen LogP contribution is -2.31. The van der Waals surface area contributed by atoms with Crippen molar-refractivity contribution < 1.29 is 8.63 Å². The third kappa shape index (κ3) is 6.16. The Labute approximate surface area is 376 Å². The van der Waals surface area contributed by atoms with E-state index < -0.39 is 7.40 Å². The third-order valence-corrected chi connectivity index (χ3v) is 12.6. The van der Waals surface area contributed by atoms with E-state index in [2.05, 4.69) is 75.9 Å². The molecule has 0 N–H and O–H groups in total. The van der Waals surface area contributed by atoms with Crippen LogP contribution in [0.1, 0.15) is 11.1 Å². The van der Waals surface area contributed by atoms with Gasteiger partial charge in [0.25, 0.3) is 0 Å². The lowest BCUT2D eigenvalue weighted by Gasteiger charge is -2.17. The third-order valence-electron chi connectivity index (χ3n) is 12.6. The molecule has 0 aliphatic heterocycles. The monoisotopic (exact) mass is 851 g/mol. The molecule has 0 saturated heterocycles. The molecule has 0 saturated carbocycles. The Morgan fingerprint density at radius 1 is 0.470 bits per heavy atom. The summed E-state index contributed by atoms with van der Waals surface area (Å²) in [5.74, 6) is 0.232. The summed E-state index contributed by atoms with van der Waals surface area (Å²) in [6.45, 7) is 0. The van der Waals surface area contributed by atoms with Crippen LogP contribution in [0.4, 0.5) is 14.4 Å². The van der Waals surface area contributed by atoms with Crippen LogP contribution in [0.25, 0.3) is 99.0 Å². The molecule has 10 heteroatoms. The molecule has 4 heterocycles. The van der Waals surface area contributed by atoms with E-state index in [0.29, 0.717) is 44.1 Å². The van der Waals surface area contributed by atoms with Gasteiger partial charge in [-0.05, 0) is 114 Å². The fourth-order valence-corrected chi connectivity index (χ4v) is 9.54. The maximum absolute atomic E-state index is 16.0.